The monoisotopic (exact) mass is 523 g/mol. The summed E-state index contributed by atoms with van der Waals surface area (Å²) in [4.78, 5) is 61.5. The van der Waals surface area contributed by atoms with E-state index in [2.05, 4.69) is 18.1 Å². The number of hydrogen-bond donors (Lipinski definition) is 7. The van der Waals surface area contributed by atoms with E-state index in [-0.39, 0.29) is 18.4 Å². The molecule has 0 saturated carbocycles. The van der Waals surface area contributed by atoms with Crippen LogP contribution in [0, 0.1) is 0 Å². The van der Waals surface area contributed by atoms with Gasteiger partial charge in [0.2, 0.25) is 0 Å². The predicted molar refractivity (Wildman–Crippen MR) is 103 cm³/mol. The summed E-state index contributed by atoms with van der Waals surface area (Å²) in [6.07, 6.45) is -0.0828. The molecule has 182 valence electrons. The Kier molecular flexibility index (Phi) is 8.56. The lowest BCUT2D eigenvalue weighted by atomic mass is 10.2. The van der Waals surface area contributed by atoms with E-state index in [0.717, 1.165) is 4.57 Å². The minimum absolute atomic E-state index is 0.0941. The van der Waals surface area contributed by atoms with Crippen LogP contribution in [0.5, 0.6) is 0 Å². The summed E-state index contributed by atoms with van der Waals surface area (Å²) in [5.41, 5.74) is 3.86. The molecule has 0 aromatic carbocycles. The number of allylic oxidation sites excluding steroid dienone is 1. The number of phosphoric ester groups is 1. The van der Waals surface area contributed by atoms with Gasteiger partial charge in [0.15, 0.2) is 0 Å². The Labute approximate surface area is 178 Å². The SMILES string of the molecule is NC=CCc1cn([C@H]2C[C@H](O)[C@@H](COP(=O)(O)OP(=O)(O)OP(=O)(O)O)O2)c(=O)[nH]c1=O. The molecule has 8 N–H and O–H groups in total. The van der Waals surface area contributed by atoms with Crippen molar-refractivity contribution in [3.63, 3.8) is 0 Å². The van der Waals surface area contributed by atoms with Gasteiger partial charge >= 0.3 is 29.2 Å². The lowest BCUT2D eigenvalue weighted by molar-refractivity contribution is -0.0450. The van der Waals surface area contributed by atoms with E-state index in [0.29, 0.717) is 0 Å². The summed E-state index contributed by atoms with van der Waals surface area (Å²) in [6.45, 7) is -0.901. The highest BCUT2D eigenvalue weighted by atomic mass is 31.3. The average molecular weight is 523 g/mol. The van der Waals surface area contributed by atoms with Crippen LogP contribution < -0.4 is 17.0 Å². The number of rotatable bonds is 10. The molecule has 0 spiro atoms. The second-order valence-corrected chi connectivity index (χ2v) is 10.7. The molecule has 1 aromatic rings. The second-order valence-electron chi connectivity index (χ2n) is 6.27. The Bertz CT molecular complexity index is 1110. The fourth-order valence-corrected chi connectivity index (χ4v) is 5.62. The van der Waals surface area contributed by atoms with Crippen LogP contribution in [-0.2, 0) is 38.0 Å². The number of nitrogens with one attached hydrogen (secondary N) is 1. The standard InChI is InChI=1S/C12H20N3O14P3/c13-3-1-2-7-5-15(12(18)14-11(7)17)10-4-8(16)9(27-10)6-26-31(22,23)29-32(24,25)28-30(19,20)21/h1,3,5,8-10,16H,2,4,6,13H2,(H,22,23)(H,24,25)(H,14,17,18)(H2,19,20,21)/t8-,9+,10+/m0/s1. The maximum atomic E-state index is 12.1. The molecule has 1 fully saturated rings. The number of aromatic nitrogens is 2. The summed E-state index contributed by atoms with van der Waals surface area (Å²) in [6, 6.07) is 0. The minimum Gasteiger partial charge on any atom is -0.405 e. The van der Waals surface area contributed by atoms with Gasteiger partial charge in [0, 0.05) is 18.2 Å². The summed E-state index contributed by atoms with van der Waals surface area (Å²) >= 11 is 0. The van der Waals surface area contributed by atoms with E-state index in [9.17, 15) is 33.3 Å². The third-order valence-corrected chi connectivity index (χ3v) is 7.65. The Morgan fingerprint density at radius 3 is 2.44 bits per heavy atom. The van der Waals surface area contributed by atoms with Gasteiger partial charge in [-0.2, -0.15) is 8.62 Å². The number of aromatic amines is 1. The van der Waals surface area contributed by atoms with Gasteiger partial charge in [0.05, 0.1) is 12.7 Å². The lowest BCUT2D eigenvalue weighted by Crippen LogP contribution is -2.34. The van der Waals surface area contributed by atoms with E-state index >= 15 is 0 Å². The number of hydrogen-bond acceptors (Lipinski definition) is 11. The number of phosphoric acid groups is 3. The highest BCUT2D eigenvalue weighted by Gasteiger charge is 2.43. The molecule has 1 aromatic heterocycles. The Morgan fingerprint density at radius 2 is 1.84 bits per heavy atom. The first-order valence-corrected chi connectivity index (χ1v) is 13.0. The van der Waals surface area contributed by atoms with E-state index in [1.807, 2.05) is 0 Å². The molecule has 2 unspecified atom stereocenters. The van der Waals surface area contributed by atoms with Crippen molar-refractivity contribution in [1.82, 2.24) is 9.55 Å². The topological polar surface area (TPSA) is 270 Å². The molecule has 0 radical (unpaired) electrons. The molecule has 32 heavy (non-hydrogen) atoms. The van der Waals surface area contributed by atoms with Crippen LogP contribution >= 0.6 is 23.5 Å². The normalized spacial score (nSPS) is 25.6. The molecular weight excluding hydrogens is 503 g/mol. The summed E-state index contributed by atoms with van der Waals surface area (Å²) in [5.74, 6) is 0. The predicted octanol–water partition coefficient (Wildman–Crippen LogP) is -1.46. The zero-order valence-corrected chi connectivity index (χ0v) is 18.5. The first kappa shape index (κ1) is 26.8. The number of aliphatic hydroxyl groups is 1. The molecule has 1 saturated heterocycles. The molecule has 1 aliphatic rings. The highest BCUT2D eigenvalue weighted by molar-refractivity contribution is 7.66. The van der Waals surface area contributed by atoms with Crippen molar-refractivity contribution in [2.45, 2.75) is 31.3 Å². The van der Waals surface area contributed by atoms with Crippen LogP contribution in [0.2, 0.25) is 0 Å². The quantitative estimate of drug-likeness (QED) is 0.173. The molecule has 2 rings (SSSR count). The van der Waals surface area contributed by atoms with E-state index < -0.39 is 59.8 Å². The van der Waals surface area contributed by atoms with Crippen LogP contribution in [0.4, 0.5) is 0 Å². The number of ether oxygens (including phenoxy) is 1. The smallest absolute Gasteiger partial charge is 0.405 e. The first-order valence-electron chi connectivity index (χ1n) is 8.45. The first-order chi connectivity index (χ1) is 14.6. The lowest BCUT2D eigenvalue weighted by Gasteiger charge is -2.19. The molecule has 1 aliphatic heterocycles. The van der Waals surface area contributed by atoms with Crippen LogP contribution in [0.3, 0.4) is 0 Å². The number of H-pyrrole nitrogens is 1. The second kappa shape index (κ2) is 10.2. The van der Waals surface area contributed by atoms with Gasteiger partial charge in [-0.1, -0.05) is 6.08 Å². The van der Waals surface area contributed by atoms with Crippen LogP contribution in [-0.4, -0.2) is 53.0 Å². The molecule has 2 heterocycles. The van der Waals surface area contributed by atoms with Crippen molar-refractivity contribution in [2.24, 2.45) is 5.73 Å². The van der Waals surface area contributed by atoms with Crippen LogP contribution in [0.25, 0.3) is 0 Å². The van der Waals surface area contributed by atoms with Crippen molar-refractivity contribution >= 4 is 23.5 Å². The fourth-order valence-electron chi connectivity index (χ4n) is 2.59. The van der Waals surface area contributed by atoms with Crippen molar-refractivity contribution in [1.29, 1.82) is 0 Å². The van der Waals surface area contributed by atoms with Gasteiger partial charge in [-0.3, -0.25) is 18.9 Å². The van der Waals surface area contributed by atoms with Gasteiger partial charge in [-0.25, -0.2) is 18.5 Å². The third kappa shape index (κ3) is 7.85. The molecular formula is C12H20N3O14P3. The molecule has 0 bridgehead atoms. The Hall–Kier alpha value is -1.45. The molecule has 0 aliphatic carbocycles. The molecule has 17 nitrogen and oxygen atoms in total. The number of nitrogens with zero attached hydrogens (tertiary/aromatic N) is 1. The van der Waals surface area contributed by atoms with Gasteiger partial charge < -0.3 is 35.2 Å². The van der Waals surface area contributed by atoms with E-state index in [4.69, 9.17) is 25.2 Å². The summed E-state index contributed by atoms with van der Waals surface area (Å²) in [5, 5.41) is 10.1. The van der Waals surface area contributed by atoms with Crippen molar-refractivity contribution in [3.8, 4) is 0 Å². The Morgan fingerprint density at radius 1 is 1.19 bits per heavy atom. The summed E-state index contributed by atoms with van der Waals surface area (Å²) in [7, 11) is -16.7. The molecule has 0 amide bonds. The van der Waals surface area contributed by atoms with E-state index in [1.165, 1.54) is 18.5 Å². The van der Waals surface area contributed by atoms with E-state index in [1.54, 1.807) is 0 Å². The Balaban J connectivity index is 2.07. The molecule has 20 heteroatoms. The van der Waals surface area contributed by atoms with Crippen LogP contribution in [0.1, 0.15) is 18.2 Å². The average Bonchev–Trinajstić information content (AvgIpc) is 2.97. The number of aliphatic hydroxyl groups excluding tert-OH is 1. The summed E-state index contributed by atoms with van der Waals surface area (Å²) < 4.78 is 51.6. The van der Waals surface area contributed by atoms with Gasteiger partial charge in [-0.05, 0) is 12.6 Å². The maximum absolute atomic E-state index is 12.1. The minimum atomic E-state index is -5.70. The van der Waals surface area contributed by atoms with Gasteiger partial charge in [0.25, 0.3) is 5.56 Å². The van der Waals surface area contributed by atoms with Crippen molar-refractivity contribution in [2.75, 3.05) is 6.61 Å². The van der Waals surface area contributed by atoms with Crippen molar-refractivity contribution in [3.05, 3.63) is 44.9 Å². The number of nitrogens with two attached hydrogens (primary N) is 1. The maximum Gasteiger partial charge on any atom is 0.490 e. The van der Waals surface area contributed by atoms with Gasteiger partial charge in [-0.15, -0.1) is 0 Å². The third-order valence-electron chi connectivity index (χ3n) is 3.85. The zero-order valence-electron chi connectivity index (χ0n) is 15.9. The zero-order chi connectivity index (χ0) is 24.3. The van der Waals surface area contributed by atoms with Crippen LogP contribution in [0.15, 0.2) is 28.1 Å². The van der Waals surface area contributed by atoms with Crippen molar-refractivity contribution < 1.29 is 56.3 Å². The highest BCUT2D eigenvalue weighted by Crippen LogP contribution is 2.66. The molecule has 5 atom stereocenters. The fraction of sp³-hybridized carbons (Fsp3) is 0.500. The largest absolute Gasteiger partial charge is 0.490 e. The van der Waals surface area contributed by atoms with Gasteiger partial charge in [0.1, 0.15) is 12.3 Å².